The van der Waals surface area contributed by atoms with Crippen LogP contribution in [0.5, 0.6) is 0 Å². The van der Waals surface area contributed by atoms with Crippen molar-refractivity contribution in [3.8, 4) is 0 Å². The molecule has 1 aliphatic heterocycles. The second-order valence-electron chi connectivity index (χ2n) is 6.94. The minimum atomic E-state index is -4.44. The van der Waals surface area contributed by atoms with Gasteiger partial charge < -0.3 is 10.0 Å². The van der Waals surface area contributed by atoms with E-state index in [4.69, 9.17) is 0 Å². The summed E-state index contributed by atoms with van der Waals surface area (Å²) in [7, 11) is 3.40. The number of rotatable bonds is 4. The number of halogens is 3. The van der Waals surface area contributed by atoms with Crippen molar-refractivity contribution < 1.29 is 23.1 Å². The van der Waals surface area contributed by atoms with Gasteiger partial charge in [-0.25, -0.2) is 4.79 Å². The summed E-state index contributed by atoms with van der Waals surface area (Å²) in [6, 6.07) is 9.47. The lowest BCUT2D eigenvalue weighted by atomic mass is 9.94. The van der Waals surface area contributed by atoms with Crippen molar-refractivity contribution in [2.24, 2.45) is 0 Å². The Morgan fingerprint density at radius 1 is 1.22 bits per heavy atom. The maximum Gasteiger partial charge on any atom is 0.416 e. The molecule has 3 rings (SSSR count). The Labute approximate surface area is 155 Å². The number of fused-ring (bicyclic) bond motifs is 1. The summed E-state index contributed by atoms with van der Waals surface area (Å²) >= 11 is 0. The monoisotopic (exact) mass is 378 g/mol. The van der Waals surface area contributed by atoms with Gasteiger partial charge in [-0.1, -0.05) is 18.2 Å². The summed E-state index contributed by atoms with van der Waals surface area (Å²) in [4.78, 5) is 15.0. The molecule has 1 aliphatic rings. The maximum absolute atomic E-state index is 13.5. The number of nitrogens with zero attached hydrogens (tertiary/aromatic N) is 2. The van der Waals surface area contributed by atoms with E-state index in [-0.39, 0.29) is 17.7 Å². The van der Waals surface area contributed by atoms with Crippen LogP contribution in [0.2, 0.25) is 0 Å². The van der Waals surface area contributed by atoms with Gasteiger partial charge in [-0.3, -0.25) is 4.90 Å². The van der Waals surface area contributed by atoms with E-state index in [9.17, 15) is 23.1 Å². The van der Waals surface area contributed by atoms with Crippen molar-refractivity contribution in [2.75, 3.05) is 25.5 Å². The van der Waals surface area contributed by atoms with Crippen LogP contribution in [0.1, 0.15) is 32.6 Å². The maximum atomic E-state index is 13.5. The quantitative estimate of drug-likeness (QED) is 0.873. The van der Waals surface area contributed by atoms with E-state index in [0.29, 0.717) is 30.8 Å². The van der Waals surface area contributed by atoms with Crippen molar-refractivity contribution in [1.29, 1.82) is 0 Å². The Kier molecular flexibility index (Phi) is 5.15. The molecule has 27 heavy (non-hydrogen) atoms. The molecule has 0 radical (unpaired) electrons. The molecule has 2 aromatic rings. The molecule has 144 valence electrons. The Morgan fingerprint density at radius 2 is 1.96 bits per heavy atom. The molecular weight excluding hydrogens is 357 g/mol. The van der Waals surface area contributed by atoms with E-state index >= 15 is 0 Å². The lowest BCUT2D eigenvalue weighted by Gasteiger charge is -2.30. The van der Waals surface area contributed by atoms with Crippen molar-refractivity contribution in [1.82, 2.24) is 4.90 Å². The van der Waals surface area contributed by atoms with E-state index in [1.807, 2.05) is 11.0 Å². The second-order valence-corrected chi connectivity index (χ2v) is 6.94. The third-order valence-electron chi connectivity index (χ3n) is 4.89. The molecule has 7 heteroatoms. The predicted molar refractivity (Wildman–Crippen MR) is 97.0 cm³/mol. The molecule has 2 aromatic carbocycles. The van der Waals surface area contributed by atoms with Crippen LogP contribution in [0.3, 0.4) is 0 Å². The van der Waals surface area contributed by atoms with Gasteiger partial charge in [0, 0.05) is 39.4 Å². The molecule has 0 amide bonds. The van der Waals surface area contributed by atoms with Crippen molar-refractivity contribution in [3.63, 3.8) is 0 Å². The molecule has 0 atom stereocenters. The third kappa shape index (κ3) is 4.08. The van der Waals surface area contributed by atoms with Gasteiger partial charge in [-0.2, -0.15) is 13.2 Å². The number of anilines is 1. The summed E-state index contributed by atoms with van der Waals surface area (Å²) < 4.78 is 40.6. The first-order valence-corrected chi connectivity index (χ1v) is 8.60. The number of hydrogen-bond donors (Lipinski definition) is 1. The highest BCUT2D eigenvalue weighted by Gasteiger charge is 2.34. The molecule has 1 N–H and O–H groups in total. The SMILES string of the molecule is CN(C)c1ccc(CN2CCc3cccc(C(=O)O)c3C2)c(C(F)(F)F)c1. The zero-order valence-corrected chi connectivity index (χ0v) is 15.2. The minimum Gasteiger partial charge on any atom is -0.478 e. The van der Waals surface area contributed by atoms with E-state index < -0.39 is 17.7 Å². The van der Waals surface area contributed by atoms with Crippen LogP contribution >= 0.6 is 0 Å². The van der Waals surface area contributed by atoms with E-state index in [1.165, 1.54) is 12.1 Å². The Bertz CT molecular complexity index is 863. The third-order valence-corrected chi connectivity index (χ3v) is 4.89. The summed E-state index contributed by atoms with van der Waals surface area (Å²) in [5.74, 6) is -1.01. The minimum absolute atomic E-state index is 0.121. The van der Waals surface area contributed by atoms with Crippen molar-refractivity contribution in [2.45, 2.75) is 25.7 Å². The Morgan fingerprint density at radius 3 is 2.59 bits per heavy atom. The van der Waals surface area contributed by atoms with Crippen LogP contribution in [0.4, 0.5) is 18.9 Å². The van der Waals surface area contributed by atoms with Gasteiger partial charge in [-0.15, -0.1) is 0 Å². The Balaban J connectivity index is 1.90. The van der Waals surface area contributed by atoms with Gasteiger partial charge in [0.1, 0.15) is 0 Å². The van der Waals surface area contributed by atoms with E-state index in [2.05, 4.69) is 0 Å². The highest BCUT2D eigenvalue weighted by atomic mass is 19.4. The number of benzene rings is 2. The largest absolute Gasteiger partial charge is 0.478 e. The number of aromatic carboxylic acids is 1. The molecular formula is C20H21F3N2O2. The highest BCUT2D eigenvalue weighted by molar-refractivity contribution is 5.89. The molecule has 0 aliphatic carbocycles. The fourth-order valence-corrected chi connectivity index (χ4v) is 3.46. The smallest absolute Gasteiger partial charge is 0.416 e. The fourth-order valence-electron chi connectivity index (χ4n) is 3.46. The standard InChI is InChI=1S/C20H21F3N2O2/c1-24(2)15-7-6-14(18(10-15)20(21,22)23)11-25-9-8-13-4-3-5-16(19(26)27)17(13)12-25/h3-7,10H,8-9,11-12H2,1-2H3,(H,26,27). The van der Waals surface area contributed by atoms with Gasteiger partial charge in [0.25, 0.3) is 0 Å². The first-order valence-electron chi connectivity index (χ1n) is 8.60. The molecule has 0 aromatic heterocycles. The molecule has 0 saturated heterocycles. The topological polar surface area (TPSA) is 43.8 Å². The van der Waals surface area contributed by atoms with Gasteiger partial charge in [0.2, 0.25) is 0 Å². The number of carboxylic acid groups (broad SMARTS) is 1. The van der Waals surface area contributed by atoms with Gasteiger partial charge >= 0.3 is 12.1 Å². The normalized spacial score (nSPS) is 14.7. The average molecular weight is 378 g/mol. The molecule has 0 unspecified atom stereocenters. The summed E-state index contributed by atoms with van der Waals surface area (Å²) in [5.41, 5.74) is 1.90. The molecule has 0 saturated carbocycles. The number of carboxylic acids is 1. The van der Waals surface area contributed by atoms with Crippen LogP contribution in [0.15, 0.2) is 36.4 Å². The summed E-state index contributed by atoms with van der Waals surface area (Å²) in [5, 5.41) is 9.38. The second kappa shape index (κ2) is 7.23. The lowest BCUT2D eigenvalue weighted by molar-refractivity contribution is -0.138. The first kappa shape index (κ1) is 19.2. The molecule has 0 spiro atoms. The summed E-state index contributed by atoms with van der Waals surface area (Å²) in [6.45, 7) is 1.03. The van der Waals surface area contributed by atoms with Crippen LogP contribution < -0.4 is 4.90 Å². The average Bonchev–Trinajstić information content (AvgIpc) is 2.60. The van der Waals surface area contributed by atoms with Gasteiger partial charge in [0.05, 0.1) is 11.1 Å². The fraction of sp³-hybridized carbons (Fsp3) is 0.350. The van der Waals surface area contributed by atoms with Gasteiger partial charge in [-0.05, 0) is 41.3 Å². The molecule has 0 fully saturated rings. The van der Waals surface area contributed by atoms with E-state index in [0.717, 1.165) is 11.6 Å². The molecule has 1 heterocycles. The first-order chi connectivity index (χ1) is 12.7. The van der Waals surface area contributed by atoms with Crippen LogP contribution in [-0.4, -0.2) is 36.6 Å². The number of hydrogen-bond acceptors (Lipinski definition) is 3. The van der Waals surface area contributed by atoms with Crippen molar-refractivity contribution >= 4 is 11.7 Å². The predicted octanol–water partition coefficient (Wildman–Crippen LogP) is 4.03. The van der Waals surface area contributed by atoms with Gasteiger partial charge in [0.15, 0.2) is 0 Å². The van der Waals surface area contributed by atoms with Crippen LogP contribution in [0.25, 0.3) is 0 Å². The zero-order chi connectivity index (χ0) is 19.8. The van der Waals surface area contributed by atoms with E-state index in [1.54, 1.807) is 31.1 Å². The number of alkyl halides is 3. The highest BCUT2D eigenvalue weighted by Crippen LogP contribution is 2.35. The zero-order valence-electron chi connectivity index (χ0n) is 15.2. The Hall–Kier alpha value is -2.54. The van der Waals surface area contributed by atoms with Crippen LogP contribution in [-0.2, 0) is 25.7 Å². The molecule has 4 nitrogen and oxygen atoms in total. The lowest BCUT2D eigenvalue weighted by Crippen LogP contribution is -2.32. The molecule has 0 bridgehead atoms. The van der Waals surface area contributed by atoms with Crippen molar-refractivity contribution in [3.05, 3.63) is 64.2 Å². The summed E-state index contributed by atoms with van der Waals surface area (Å²) in [6.07, 6.45) is -3.82. The van der Waals surface area contributed by atoms with Crippen LogP contribution in [0, 0.1) is 0 Å². The number of carbonyl (C=O) groups is 1.